The summed E-state index contributed by atoms with van der Waals surface area (Å²) in [5, 5.41) is 5.11. The molecular weight excluding hydrogens is 184 g/mol. The van der Waals surface area contributed by atoms with E-state index in [0.29, 0.717) is 6.54 Å². The minimum absolute atomic E-state index is 0.301. The third-order valence-corrected chi connectivity index (χ3v) is 2.34. The number of imide groups is 1. The van der Waals surface area contributed by atoms with Crippen molar-refractivity contribution in [3.05, 3.63) is 0 Å². The molecule has 3 amide bonds. The zero-order valence-electron chi connectivity index (χ0n) is 7.86. The number of nitrogens with one attached hydrogen (secondary N) is 2. The van der Waals surface area contributed by atoms with Gasteiger partial charge in [-0.3, -0.25) is 15.0 Å². The van der Waals surface area contributed by atoms with Crippen molar-refractivity contribution < 1.29 is 9.59 Å². The van der Waals surface area contributed by atoms with E-state index in [4.69, 9.17) is 0 Å². The summed E-state index contributed by atoms with van der Waals surface area (Å²) in [5.74, 6) is -0.301. The average Bonchev–Trinajstić information content (AvgIpc) is 2.60. The third kappa shape index (κ3) is 1.23. The molecule has 2 unspecified atom stereocenters. The van der Waals surface area contributed by atoms with Crippen LogP contribution in [0.5, 0.6) is 0 Å². The molecule has 1 fully saturated rings. The fourth-order valence-corrected chi connectivity index (χ4v) is 1.69. The van der Waals surface area contributed by atoms with Gasteiger partial charge in [0.2, 0.25) is 0 Å². The molecule has 0 spiro atoms. The molecule has 0 bridgehead atoms. The van der Waals surface area contributed by atoms with Crippen LogP contribution in [0.2, 0.25) is 0 Å². The van der Waals surface area contributed by atoms with Crippen LogP contribution in [-0.2, 0) is 4.79 Å². The van der Waals surface area contributed by atoms with E-state index in [-0.39, 0.29) is 18.1 Å². The predicted molar refractivity (Wildman–Crippen MR) is 49.7 cm³/mol. The van der Waals surface area contributed by atoms with E-state index in [1.165, 1.54) is 6.34 Å². The summed E-state index contributed by atoms with van der Waals surface area (Å²) in [7, 11) is 0. The number of carbonyl (C=O) groups is 2. The van der Waals surface area contributed by atoms with Crippen LogP contribution in [0.3, 0.4) is 0 Å². The van der Waals surface area contributed by atoms with Crippen molar-refractivity contribution in [2.75, 3.05) is 6.54 Å². The number of fused-ring (bicyclic) bond motifs is 1. The molecule has 0 radical (unpaired) electrons. The summed E-state index contributed by atoms with van der Waals surface area (Å²) in [6.45, 7) is 2.59. The van der Waals surface area contributed by atoms with Crippen LogP contribution in [0.4, 0.5) is 4.79 Å². The lowest BCUT2D eigenvalue weighted by atomic mass is 10.1. The maximum Gasteiger partial charge on any atom is 0.325 e. The average molecular weight is 196 g/mol. The molecule has 2 N–H and O–H groups in total. The van der Waals surface area contributed by atoms with Crippen molar-refractivity contribution in [1.29, 1.82) is 0 Å². The maximum absolute atomic E-state index is 11.4. The number of nitrogens with zero attached hydrogens (tertiary/aromatic N) is 2. The number of urea groups is 1. The van der Waals surface area contributed by atoms with E-state index in [2.05, 4.69) is 15.6 Å². The minimum Gasteiger partial charge on any atom is -0.362 e. The Morgan fingerprint density at radius 2 is 2.36 bits per heavy atom. The van der Waals surface area contributed by atoms with Crippen molar-refractivity contribution in [1.82, 2.24) is 15.5 Å². The van der Waals surface area contributed by atoms with Crippen molar-refractivity contribution in [2.24, 2.45) is 4.99 Å². The fourth-order valence-electron chi connectivity index (χ4n) is 1.69. The molecule has 0 aliphatic carbocycles. The van der Waals surface area contributed by atoms with E-state index in [9.17, 15) is 9.59 Å². The number of carbonyl (C=O) groups excluding carboxylic acids is 2. The molecule has 2 atom stereocenters. The van der Waals surface area contributed by atoms with Gasteiger partial charge in [0, 0.05) is 6.54 Å². The minimum atomic E-state index is -0.417. The SMILES string of the molecule is CCCN1C(=O)NC(=O)C2NC=NC21. The lowest BCUT2D eigenvalue weighted by Gasteiger charge is -2.34. The van der Waals surface area contributed by atoms with Gasteiger partial charge in [-0.1, -0.05) is 6.92 Å². The zero-order chi connectivity index (χ0) is 10.1. The molecule has 2 aliphatic rings. The normalized spacial score (nSPS) is 29.9. The van der Waals surface area contributed by atoms with Gasteiger partial charge in [0.1, 0.15) is 6.04 Å². The number of hydrogen-bond donors (Lipinski definition) is 2. The molecule has 2 heterocycles. The molecule has 14 heavy (non-hydrogen) atoms. The van der Waals surface area contributed by atoms with Crippen LogP contribution in [-0.4, -0.2) is 41.9 Å². The molecule has 0 aromatic rings. The van der Waals surface area contributed by atoms with Gasteiger partial charge in [0.05, 0.1) is 6.34 Å². The highest BCUT2D eigenvalue weighted by Gasteiger charge is 2.42. The quantitative estimate of drug-likeness (QED) is 0.611. The largest absolute Gasteiger partial charge is 0.362 e. The summed E-state index contributed by atoms with van der Waals surface area (Å²) >= 11 is 0. The van der Waals surface area contributed by atoms with E-state index in [1.807, 2.05) is 6.92 Å². The van der Waals surface area contributed by atoms with Gasteiger partial charge in [-0.25, -0.2) is 9.79 Å². The van der Waals surface area contributed by atoms with Gasteiger partial charge in [-0.15, -0.1) is 0 Å². The Bertz CT molecular complexity index is 302. The van der Waals surface area contributed by atoms with Crippen LogP contribution in [0.1, 0.15) is 13.3 Å². The van der Waals surface area contributed by atoms with Gasteiger partial charge >= 0.3 is 6.03 Å². The fraction of sp³-hybridized carbons (Fsp3) is 0.625. The molecule has 0 aromatic carbocycles. The Labute approximate surface area is 81.4 Å². The van der Waals surface area contributed by atoms with Crippen molar-refractivity contribution >= 4 is 18.3 Å². The molecule has 6 nitrogen and oxygen atoms in total. The van der Waals surface area contributed by atoms with Crippen molar-refractivity contribution in [2.45, 2.75) is 25.6 Å². The standard InChI is InChI=1S/C8H12N4O2/c1-2-3-12-6-5(9-4-10-6)7(13)11-8(12)14/h4-6H,2-3H2,1H3,(H,9,10)(H,11,13,14). The van der Waals surface area contributed by atoms with E-state index in [1.54, 1.807) is 4.90 Å². The first-order valence-corrected chi connectivity index (χ1v) is 4.63. The molecular formula is C8H12N4O2. The summed E-state index contributed by atoms with van der Waals surface area (Å²) in [5.41, 5.74) is 0. The van der Waals surface area contributed by atoms with Gasteiger partial charge in [-0.05, 0) is 6.42 Å². The third-order valence-electron chi connectivity index (χ3n) is 2.34. The Morgan fingerprint density at radius 3 is 3.07 bits per heavy atom. The Morgan fingerprint density at radius 1 is 1.57 bits per heavy atom. The van der Waals surface area contributed by atoms with Gasteiger partial charge in [0.25, 0.3) is 5.91 Å². The number of amides is 3. The second-order valence-electron chi connectivity index (χ2n) is 3.32. The van der Waals surface area contributed by atoms with Crippen molar-refractivity contribution in [3.63, 3.8) is 0 Å². The highest BCUT2D eigenvalue weighted by molar-refractivity contribution is 6.01. The molecule has 76 valence electrons. The van der Waals surface area contributed by atoms with Gasteiger partial charge < -0.3 is 5.32 Å². The van der Waals surface area contributed by atoms with Gasteiger partial charge in [-0.2, -0.15) is 0 Å². The van der Waals surface area contributed by atoms with E-state index >= 15 is 0 Å². The van der Waals surface area contributed by atoms with Crippen LogP contribution >= 0.6 is 0 Å². The van der Waals surface area contributed by atoms with E-state index in [0.717, 1.165) is 6.42 Å². The summed E-state index contributed by atoms with van der Waals surface area (Å²) in [4.78, 5) is 28.4. The van der Waals surface area contributed by atoms with Gasteiger partial charge in [0.15, 0.2) is 6.17 Å². The van der Waals surface area contributed by atoms with Crippen LogP contribution in [0.15, 0.2) is 4.99 Å². The lowest BCUT2D eigenvalue weighted by Crippen LogP contribution is -2.63. The first-order valence-electron chi connectivity index (χ1n) is 4.63. The number of aliphatic imine (C=N–C) groups is 1. The Kier molecular flexibility index (Phi) is 2.11. The Hall–Kier alpha value is -1.59. The van der Waals surface area contributed by atoms with Crippen LogP contribution < -0.4 is 10.6 Å². The first-order chi connectivity index (χ1) is 6.74. The van der Waals surface area contributed by atoms with E-state index < -0.39 is 6.04 Å². The topological polar surface area (TPSA) is 73.8 Å². The molecule has 2 aliphatic heterocycles. The summed E-state index contributed by atoms with van der Waals surface area (Å²) < 4.78 is 0. The molecule has 0 aromatic heterocycles. The number of hydrogen-bond acceptors (Lipinski definition) is 4. The summed E-state index contributed by atoms with van der Waals surface area (Å²) in [6, 6.07) is -0.766. The number of rotatable bonds is 2. The zero-order valence-corrected chi connectivity index (χ0v) is 7.86. The predicted octanol–water partition coefficient (Wildman–Crippen LogP) is -0.726. The molecule has 0 saturated carbocycles. The molecule has 1 saturated heterocycles. The van der Waals surface area contributed by atoms with Crippen molar-refractivity contribution in [3.8, 4) is 0 Å². The molecule has 2 rings (SSSR count). The smallest absolute Gasteiger partial charge is 0.325 e. The first kappa shape index (κ1) is 8.98. The monoisotopic (exact) mass is 196 g/mol. The maximum atomic E-state index is 11.4. The lowest BCUT2D eigenvalue weighted by molar-refractivity contribution is -0.124. The summed E-state index contributed by atoms with van der Waals surface area (Å²) in [6.07, 6.45) is 1.97. The van der Waals surface area contributed by atoms with Crippen LogP contribution in [0, 0.1) is 0 Å². The second-order valence-corrected chi connectivity index (χ2v) is 3.32. The molecule has 6 heteroatoms. The van der Waals surface area contributed by atoms with Crippen LogP contribution in [0.25, 0.3) is 0 Å². The second kappa shape index (κ2) is 3.28. The highest BCUT2D eigenvalue weighted by Crippen LogP contribution is 2.15. The Balaban J connectivity index is 2.19. The highest BCUT2D eigenvalue weighted by atomic mass is 16.2.